The van der Waals surface area contributed by atoms with Crippen LogP contribution in [0.3, 0.4) is 0 Å². The van der Waals surface area contributed by atoms with Crippen molar-refractivity contribution in [2.45, 2.75) is 41.1 Å². The van der Waals surface area contributed by atoms with Gasteiger partial charge in [-0.2, -0.15) is 0 Å². The summed E-state index contributed by atoms with van der Waals surface area (Å²) in [4.78, 5) is 21.8. The Labute approximate surface area is 214 Å². The van der Waals surface area contributed by atoms with Gasteiger partial charge in [-0.1, -0.05) is 23.9 Å². The average molecular weight is 514 g/mol. The number of amides is 1. The highest BCUT2D eigenvalue weighted by molar-refractivity contribution is 7.99. The molecular formula is C24H31N7O2S2. The minimum Gasteiger partial charge on any atom is -0.410 e. The van der Waals surface area contributed by atoms with Crippen molar-refractivity contribution in [1.29, 1.82) is 0 Å². The van der Waals surface area contributed by atoms with Crippen LogP contribution in [0.5, 0.6) is 5.75 Å². The van der Waals surface area contributed by atoms with E-state index in [0.717, 1.165) is 43.3 Å². The number of likely N-dealkylation sites (N-methyl/N-ethyl adjacent to an activating group) is 1. The molecule has 11 heteroatoms. The van der Waals surface area contributed by atoms with Crippen molar-refractivity contribution < 1.29 is 9.53 Å². The predicted molar refractivity (Wildman–Crippen MR) is 138 cm³/mol. The summed E-state index contributed by atoms with van der Waals surface area (Å²) in [6.45, 7) is 2.98. The molecule has 1 saturated heterocycles. The van der Waals surface area contributed by atoms with Crippen LogP contribution in [0.4, 0.5) is 4.79 Å². The number of nitrogens with zero attached hydrogens (tertiary/aromatic N) is 7. The van der Waals surface area contributed by atoms with E-state index in [1.807, 2.05) is 67.6 Å². The molecule has 0 bridgehead atoms. The third-order valence-electron chi connectivity index (χ3n) is 5.67. The van der Waals surface area contributed by atoms with E-state index in [1.165, 1.54) is 10.5 Å². The van der Waals surface area contributed by atoms with Crippen molar-refractivity contribution in [3.05, 3.63) is 54.4 Å². The Morgan fingerprint density at radius 2 is 1.86 bits per heavy atom. The van der Waals surface area contributed by atoms with Gasteiger partial charge in [0.25, 0.3) is 0 Å². The van der Waals surface area contributed by atoms with E-state index in [2.05, 4.69) is 25.4 Å². The molecule has 3 aromatic rings. The van der Waals surface area contributed by atoms with Crippen molar-refractivity contribution in [2.75, 3.05) is 39.5 Å². The van der Waals surface area contributed by atoms with Crippen LogP contribution >= 0.6 is 23.5 Å². The largest absolute Gasteiger partial charge is 0.415 e. The minimum absolute atomic E-state index is 0.287. The van der Waals surface area contributed by atoms with Crippen LogP contribution in [0.15, 0.2) is 58.8 Å². The molecule has 1 aliphatic rings. The summed E-state index contributed by atoms with van der Waals surface area (Å²) >= 11 is 3.50. The molecule has 0 aliphatic carbocycles. The fourth-order valence-corrected chi connectivity index (χ4v) is 5.60. The van der Waals surface area contributed by atoms with Crippen molar-refractivity contribution >= 4 is 29.6 Å². The summed E-state index contributed by atoms with van der Waals surface area (Å²) in [7, 11) is 4.07. The number of pyridine rings is 1. The molecule has 2 aromatic heterocycles. The lowest BCUT2D eigenvalue weighted by atomic mass is 10.1. The molecule has 0 saturated carbocycles. The van der Waals surface area contributed by atoms with Gasteiger partial charge < -0.3 is 14.5 Å². The summed E-state index contributed by atoms with van der Waals surface area (Å²) < 4.78 is 7.48. The Balaban J connectivity index is 1.18. The van der Waals surface area contributed by atoms with E-state index in [-0.39, 0.29) is 6.09 Å². The van der Waals surface area contributed by atoms with Gasteiger partial charge in [0.1, 0.15) is 5.75 Å². The highest BCUT2D eigenvalue weighted by Gasteiger charge is 2.26. The molecule has 0 atom stereocenters. The number of likely N-dealkylation sites (tertiary alicyclic amines) is 1. The van der Waals surface area contributed by atoms with Crippen molar-refractivity contribution in [2.24, 2.45) is 0 Å². The second-order valence-electron chi connectivity index (χ2n) is 8.59. The highest BCUT2D eigenvalue weighted by atomic mass is 32.2. The first kappa shape index (κ1) is 25.5. The second-order valence-corrected chi connectivity index (χ2v) is 11.0. The lowest BCUT2D eigenvalue weighted by molar-refractivity contribution is 0.143. The Kier molecular flexibility index (Phi) is 9.38. The van der Waals surface area contributed by atoms with Crippen LogP contribution in [0.2, 0.25) is 0 Å². The maximum atomic E-state index is 12.7. The Morgan fingerprint density at radius 1 is 1.11 bits per heavy atom. The zero-order valence-electron chi connectivity index (χ0n) is 20.1. The van der Waals surface area contributed by atoms with Gasteiger partial charge >= 0.3 is 6.09 Å². The summed E-state index contributed by atoms with van der Waals surface area (Å²) in [5.41, 5.74) is 1.22. The van der Waals surface area contributed by atoms with Gasteiger partial charge in [0.15, 0.2) is 0 Å². The number of tetrazole rings is 1. The van der Waals surface area contributed by atoms with Crippen LogP contribution < -0.4 is 4.74 Å². The number of hydrogen-bond donors (Lipinski definition) is 0. The second kappa shape index (κ2) is 12.9. The quantitative estimate of drug-likeness (QED) is 0.376. The molecule has 4 rings (SSSR count). The molecule has 9 nitrogen and oxygen atoms in total. The summed E-state index contributed by atoms with van der Waals surface area (Å²) in [6.07, 6.45) is 6.05. The van der Waals surface area contributed by atoms with E-state index in [1.54, 1.807) is 28.4 Å². The zero-order valence-corrected chi connectivity index (χ0v) is 21.7. The van der Waals surface area contributed by atoms with Crippen LogP contribution in [-0.4, -0.2) is 85.8 Å². The van der Waals surface area contributed by atoms with E-state index >= 15 is 0 Å². The van der Waals surface area contributed by atoms with Crippen LogP contribution in [-0.2, 0) is 13.0 Å². The Bertz CT molecular complexity index is 1060. The standard InChI is InChI=1S/C24H31N7O2S2/c1-29(2)16-17-31-23(26-27-28-31)35-22-9-14-30(15-10-22)24(32)33-20-5-3-19(4-6-20)11-18-34-21-7-12-25-13-8-21/h3-8,12-13,22H,9-11,14-18H2,1-2H3. The molecule has 1 aromatic carbocycles. The number of carbonyl (C=O) groups excluding carboxylic acids is 1. The smallest absolute Gasteiger partial charge is 0.410 e. The number of piperidine rings is 1. The lowest BCUT2D eigenvalue weighted by Crippen LogP contribution is -2.41. The van der Waals surface area contributed by atoms with Crippen molar-refractivity contribution in [3.8, 4) is 5.75 Å². The van der Waals surface area contributed by atoms with Crippen LogP contribution in [0.25, 0.3) is 0 Å². The number of benzene rings is 1. The molecule has 186 valence electrons. The van der Waals surface area contributed by atoms with Crippen molar-refractivity contribution in [3.63, 3.8) is 0 Å². The number of thioether (sulfide) groups is 2. The monoisotopic (exact) mass is 513 g/mol. The Morgan fingerprint density at radius 3 is 2.57 bits per heavy atom. The first-order valence-corrected chi connectivity index (χ1v) is 13.6. The van der Waals surface area contributed by atoms with Gasteiger partial charge in [0.2, 0.25) is 5.16 Å². The SMILES string of the molecule is CN(C)CCn1nnnc1SC1CCN(C(=O)Oc2ccc(CCSc3ccncc3)cc2)CC1. The molecule has 0 spiro atoms. The van der Waals surface area contributed by atoms with Gasteiger partial charge in [0, 0.05) is 47.9 Å². The first-order valence-electron chi connectivity index (χ1n) is 11.7. The molecule has 1 aliphatic heterocycles. The molecule has 3 heterocycles. The third-order valence-corrected chi connectivity index (χ3v) is 7.99. The van der Waals surface area contributed by atoms with Gasteiger partial charge in [-0.15, -0.1) is 16.9 Å². The minimum atomic E-state index is -0.287. The van der Waals surface area contributed by atoms with Gasteiger partial charge in [0.05, 0.1) is 6.54 Å². The van der Waals surface area contributed by atoms with Gasteiger partial charge in [-0.05, 0) is 73.6 Å². The van der Waals surface area contributed by atoms with Gasteiger partial charge in [-0.3, -0.25) is 4.98 Å². The summed E-state index contributed by atoms with van der Waals surface area (Å²) in [5.74, 6) is 1.56. The normalized spacial score (nSPS) is 14.4. The first-order chi connectivity index (χ1) is 17.1. The fraction of sp³-hybridized carbons (Fsp3) is 0.458. The number of hydrogen-bond acceptors (Lipinski definition) is 9. The average Bonchev–Trinajstić information content (AvgIpc) is 3.31. The molecule has 0 N–H and O–H groups in total. The number of aromatic nitrogens is 5. The number of ether oxygens (including phenoxy) is 1. The number of aryl methyl sites for hydroxylation is 1. The van der Waals surface area contributed by atoms with E-state index in [9.17, 15) is 4.79 Å². The predicted octanol–water partition coefficient (Wildman–Crippen LogP) is 3.72. The van der Waals surface area contributed by atoms with Crippen LogP contribution in [0, 0.1) is 0 Å². The van der Waals surface area contributed by atoms with E-state index in [4.69, 9.17) is 4.74 Å². The van der Waals surface area contributed by atoms with Crippen molar-refractivity contribution in [1.82, 2.24) is 35.0 Å². The Hall–Kier alpha value is -2.63. The molecule has 1 amide bonds. The lowest BCUT2D eigenvalue weighted by Gasteiger charge is -2.30. The van der Waals surface area contributed by atoms with E-state index < -0.39 is 0 Å². The maximum Gasteiger partial charge on any atom is 0.415 e. The molecule has 0 unspecified atom stereocenters. The third kappa shape index (κ3) is 7.94. The maximum absolute atomic E-state index is 12.7. The highest BCUT2D eigenvalue weighted by Crippen LogP contribution is 2.29. The summed E-state index contributed by atoms with van der Waals surface area (Å²) in [5, 5.41) is 13.3. The molecule has 0 radical (unpaired) electrons. The van der Waals surface area contributed by atoms with Gasteiger partial charge in [-0.25, -0.2) is 9.48 Å². The number of carbonyl (C=O) groups is 1. The van der Waals surface area contributed by atoms with E-state index in [0.29, 0.717) is 24.1 Å². The zero-order chi connectivity index (χ0) is 24.5. The molecule has 1 fully saturated rings. The fourth-order valence-electron chi connectivity index (χ4n) is 3.63. The molecule has 35 heavy (non-hydrogen) atoms. The summed E-state index contributed by atoms with van der Waals surface area (Å²) in [6, 6.07) is 11.8. The molecular weight excluding hydrogens is 482 g/mol. The number of rotatable bonds is 10. The topological polar surface area (TPSA) is 89.3 Å². The van der Waals surface area contributed by atoms with Crippen LogP contribution in [0.1, 0.15) is 18.4 Å².